The highest BCUT2D eigenvalue weighted by atomic mass is 16.7. The zero-order valence-corrected chi connectivity index (χ0v) is 17.6. The molecule has 0 saturated carbocycles. The van der Waals surface area contributed by atoms with E-state index in [-0.39, 0.29) is 36.9 Å². The van der Waals surface area contributed by atoms with Crippen LogP contribution in [0.25, 0.3) is 0 Å². The van der Waals surface area contributed by atoms with Gasteiger partial charge in [-0.25, -0.2) is 4.68 Å². The van der Waals surface area contributed by atoms with Gasteiger partial charge < -0.3 is 19.5 Å². The van der Waals surface area contributed by atoms with Gasteiger partial charge >= 0.3 is 0 Å². The van der Waals surface area contributed by atoms with Crippen LogP contribution in [0, 0.1) is 6.92 Å². The number of ether oxygens (including phenoxy) is 2. The fourth-order valence-electron chi connectivity index (χ4n) is 5.32. The monoisotopic (exact) mass is 425 g/mol. The Labute approximate surface area is 180 Å². The van der Waals surface area contributed by atoms with E-state index in [1.165, 1.54) is 10.7 Å². The van der Waals surface area contributed by atoms with Crippen LogP contribution in [0.2, 0.25) is 0 Å². The molecule has 4 heterocycles. The topological polar surface area (TPSA) is 93.9 Å². The fourth-order valence-corrected chi connectivity index (χ4v) is 5.32. The van der Waals surface area contributed by atoms with E-state index >= 15 is 0 Å². The maximum absolute atomic E-state index is 13.3. The van der Waals surface area contributed by atoms with Gasteiger partial charge in [-0.2, -0.15) is 5.10 Å². The molecule has 5 rings (SSSR count). The van der Waals surface area contributed by atoms with E-state index in [1.807, 2.05) is 30.0 Å². The lowest BCUT2D eigenvalue weighted by Crippen LogP contribution is -2.61. The number of fused-ring (bicyclic) bond motifs is 3. The van der Waals surface area contributed by atoms with Crippen LogP contribution in [0.3, 0.4) is 0 Å². The molecule has 3 aliphatic rings. The van der Waals surface area contributed by atoms with Crippen LogP contribution in [-0.4, -0.2) is 50.2 Å². The Bertz CT molecular complexity index is 1050. The summed E-state index contributed by atoms with van der Waals surface area (Å²) in [4.78, 5) is 27.4. The van der Waals surface area contributed by atoms with Gasteiger partial charge in [0.15, 0.2) is 11.5 Å². The van der Waals surface area contributed by atoms with Gasteiger partial charge in [-0.3, -0.25) is 9.59 Å². The molecular weight excluding hydrogens is 398 g/mol. The van der Waals surface area contributed by atoms with Crippen molar-refractivity contribution in [2.45, 2.75) is 69.7 Å². The summed E-state index contributed by atoms with van der Waals surface area (Å²) in [7, 11) is 0. The number of hydrogen-bond donors (Lipinski definition) is 1. The Morgan fingerprint density at radius 2 is 1.90 bits per heavy atom. The molecule has 1 aromatic heterocycles. The van der Waals surface area contributed by atoms with Crippen LogP contribution in [0.4, 0.5) is 0 Å². The molecule has 164 valence electrons. The zero-order valence-electron chi connectivity index (χ0n) is 17.6. The maximum atomic E-state index is 13.3. The minimum absolute atomic E-state index is 0.0282. The van der Waals surface area contributed by atoms with Gasteiger partial charge in [0.2, 0.25) is 12.7 Å². The Morgan fingerprint density at radius 3 is 2.68 bits per heavy atom. The first-order chi connectivity index (χ1) is 14.9. The summed E-state index contributed by atoms with van der Waals surface area (Å²) in [6.45, 7) is 2.19. The quantitative estimate of drug-likeness (QED) is 0.803. The van der Waals surface area contributed by atoms with Gasteiger partial charge in [0.25, 0.3) is 5.56 Å². The first-order valence-corrected chi connectivity index (χ1v) is 10.9. The number of benzene rings is 1. The molecule has 0 radical (unpaired) electrons. The van der Waals surface area contributed by atoms with Crippen LogP contribution >= 0.6 is 0 Å². The molecule has 2 fully saturated rings. The van der Waals surface area contributed by atoms with E-state index in [4.69, 9.17) is 9.47 Å². The summed E-state index contributed by atoms with van der Waals surface area (Å²) in [6.07, 6.45) is 3.98. The lowest BCUT2D eigenvalue weighted by atomic mass is 9.75. The first-order valence-electron chi connectivity index (χ1n) is 10.9. The van der Waals surface area contributed by atoms with Crippen molar-refractivity contribution in [3.05, 3.63) is 51.9 Å². The SMILES string of the molecule is Cc1ccc(=O)n(CC2(O)CC3CCCC(C2)N3C(=O)Cc2ccc3c(c2)OCO3)n1. The summed E-state index contributed by atoms with van der Waals surface area (Å²) < 4.78 is 12.1. The summed E-state index contributed by atoms with van der Waals surface area (Å²) >= 11 is 0. The second-order valence-corrected chi connectivity index (χ2v) is 9.01. The highest BCUT2D eigenvalue weighted by molar-refractivity contribution is 5.80. The molecule has 0 spiro atoms. The van der Waals surface area contributed by atoms with E-state index in [0.29, 0.717) is 30.8 Å². The van der Waals surface area contributed by atoms with E-state index in [0.717, 1.165) is 30.5 Å². The van der Waals surface area contributed by atoms with E-state index in [9.17, 15) is 14.7 Å². The average molecular weight is 425 g/mol. The average Bonchev–Trinajstić information content (AvgIpc) is 3.18. The predicted octanol–water partition coefficient (Wildman–Crippen LogP) is 1.80. The second kappa shape index (κ2) is 7.67. The zero-order chi connectivity index (χ0) is 21.6. The van der Waals surface area contributed by atoms with Crippen LogP contribution in [-0.2, 0) is 17.8 Å². The van der Waals surface area contributed by atoms with Crippen LogP contribution in [0.1, 0.15) is 43.4 Å². The highest BCUT2D eigenvalue weighted by Crippen LogP contribution is 2.40. The number of hydrogen-bond acceptors (Lipinski definition) is 6. The van der Waals surface area contributed by atoms with Crippen LogP contribution in [0.5, 0.6) is 11.5 Å². The van der Waals surface area contributed by atoms with E-state index in [1.54, 1.807) is 6.07 Å². The first kappa shape index (κ1) is 20.1. The molecule has 1 amide bonds. The van der Waals surface area contributed by atoms with Crippen molar-refractivity contribution >= 4 is 5.91 Å². The number of amides is 1. The summed E-state index contributed by atoms with van der Waals surface area (Å²) in [5.41, 5.74) is 0.365. The number of aryl methyl sites for hydroxylation is 1. The molecule has 2 bridgehead atoms. The number of aliphatic hydroxyl groups is 1. The van der Waals surface area contributed by atoms with Crippen molar-refractivity contribution < 1.29 is 19.4 Å². The molecule has 31 heavy (non-hydrogen) atoms. The normalized spacial score (nSPS) is 26.7. The van der Waals surface area contributed by atoms with Crippen molar-refractivity contribution in [2.24, 2.45) is 0 Å². The number of nitrogens with zero attached hydrogens (tertiary/aromatic N) is 3. The second-order valence-electron chi connectivity index (χ2n) is 9.01. The summed E-state index contributed by atoms with van der Waals surface area (Å²) in [5.74, 6) is 1.45. The lowest BCUT2D eigenvalue weighted by molar-refractivity contribution is -0.152. The third-order valence-corrected chi connectivity index (χ3v) is 6.62. The van der Waals surface area contributed by atoms with Gasteiger partial charge in [0.1, 0.15) is 0 Å². The number of carbonyl (C=O) groups excluding carboxylic acids is 1. The smallest absolute Gasteiger partial charge is 0.266 e. The Hall–Kier alpha value is -2.87. The Morgan fingerprint density at radius 1 is 1.16 bits per heavy atom. The van der Waals surface area contributed by atoms with Crippen LogP contribution in [0.15, 0.2) is 35.1 Å². The van der Waals surface area contributed by atoms with Crippen molar-refractivity contribution in [3.8, 4) is 11.5 Å². The predicted molar refractivity (Wildman–Crippen MR) is 112 cm³/mol. The van der Waals surface area contributed by atoms with Crippen molar-refractivity contribution in [1.82, 2.24) is 14.7 Å². The maximum Gasteiger partial charge on any atom is 0.266 e. The van der Waals surface area contributed by atoms with Crippen molar-refractivity contribution in [1.29, 1.82) is 0 Å². The van der Waals surface area contributed by atoms with E-state index in [2.05, 4.69) is 5.10 Å². The molecule has 1 N–H and O–H groups in total. The standard InChI is InChI=1S/C23H27N3O5/c1-15-5-8-21(27)25(24-15)13-23(29)11-17-3-2-4-18(12-23)26(17)22(28)10-16-6-7-19-20(9-16)31-14-30-19/h5-9,17-18,29H,2-4,10-14H2,1H3. The van der Waals surface area contributed by atoms with E-state index < -0.39 is 5.60 Å². The Kier molecular flexibility index (Phi) is 4.97. The van der Waals surface area contributed by atoms with Crippen LogP contribution < -0.4 is 15.0 Å². The van der Waals surface area contributed by atoms with Gasteiger partial charge in [-0.1, -0.05) is 6.07 Å². The van der Waals surface area contributed by atoms with Gasteiger partial charge in [0, 0.05) is 18.2 Å². The highest BCUT2D eigenvalue weighted by Gasteiger charge is 2.47. The molecule has 8 nitrogen and oxygen atoms in total. The fraction of sp³-hybridized carbons (Fsp3) is 0.522. The van der Waals surface area contributed by atoms with Gasteiger partial charge in [-0.05, 0) is 62.8 Å². The minimum Gasteiger partial charge on any atom is -0.454 e. The summed E-state index contributed by atoms with van der Waals surface area (Å²) in [5, 5.41) is 15.7. The van der Waals surface area contributed by atoms with Gasteiger partial charge in [0.05, 0.1) is 24.3 Å². The van der Waals surface area contributed by atoms with Gasteiger partial charge in [-0.15, -0.1) is 0 Å². The summed E-state index contributed by atoms with van der Waals surface area (Å²) in [6, 6.07) is 8.71. The number of aromatic nitrogens is 2. The molecule has 3 aliphatic heterocycles. The third-order valence-electron chi connectivity index (χ3n) is 6.62. The number of rotatable bonds is 4. The third kappa shape index (κ3) is 3.92. The lowest BCUT2D eigenvalue weighted by Gasteiger charge is -2.52. The number of piperidine rings is 2. The molecular formula is C23H27N3O5. The molecule has 1 aromatic carbocycles. The molecule has 2 unspecified atom stereocenters. The Balaban J connectivity index is 1.32. The molecule has 8 heteroatoms. The van der Waals surface area contributed by atoms with Crippen molar-refractivity contribution in [3.63, 3.8) is 0 Å². The van der Waals surface area contributed by atoms with Crippen molar-refractivity contribution in [2.75, 3.05) is 6.79 Å². The molecule has 2 aromatic rings. The molecule has 0 aliphatic carbocycles. The molecule has 2 atom stereocenters. The molecule has 2 saturated heterocycles. The minimum atomic E-state index is -1.05. The largest absolute Gasteiger partial charge is 0.454 e. The number of carbonyl (C=O) groups is 1.